The number of hydrogen-bond donors (Lipinski definition) is 0. The highest BCUT2D eigenvalue weighted by Gasteiger charge is 2.11. The van der Waals surface area contributed by atoms with Crippen LogP contribution >= 0.6 is 0 Å². The fourth-order valence-corrected chi connectivity index (χ4v) is 1.70. The van der Waals surface area contributed by atoms with E-state index >= 15 is 0 Å². The summed E-state index contributed by atoms with van der Waals surface area (Å²) in [6, 6.07) is 4.68. The van der Waals surface area contributed by atoms with Crippen molar-refractivity contribution in [2.45, 2.75) is 19.9 Å². The Hall–Kier alpha value is -1.98. The van der Waals surface area contributed by atoms with E-state index in [9.17, 15) is 13.6 Å². The van der Waals surface area contributed by atoms with E-state index in [0.717, 1.165) is 0 Å². The summed E-state index contributed by atoms with van der Waals surface area (Å²) in [6.45, 7) is 1.60. The van der Waals surface area contributed by atoms with E-state index in [1.807, 2.05) is 0 Å². The molecule has 0 spiro atoms. The largest absolute Gasteiger partial charge is 0.462 e. The van der Waals surface area contributed by atoms with Crippen LogP contribution < -0.4 is 0 Å². The molecule has 0 aliphatic carbocycles. The second-order valence-corrected chi connectivity index (χ2v) is 3.71. The number of ether oxygens (including phenoxy) is 1. The summed E-state index contributed by atoms with van der Waals surface area (Å²) in [6.07, 6.45) is -1.10. The highest BCUT2D eigenvalue weighted by atomic mass is 19.3. The third kappa shape index (κ3) is 2.47. The summed E-state index contributed by atoms with van der Waals surface area (Å²) in [5.41, 5.74) is 1.44. The van der Waals surface area contributed by atoms with Crippen LogP contribution in [0.4, 0.5) is 8.78 Å². The fourth-order valence-electron chi connectivity index (χ4n) is 1.70. The minimum atomic E-state index is -2.44. The van der Waals surface area contributed by atoms with Gasteiger partial charge in [-0.15, -0.1) is 0 Å². The second-order valence-electron chi connectivity index (χ2n) is 3.71. The van der Waals surface area contributed by atoms with E-state index in [-0.39, 0.29) is 6.61 Å². The average molecular weight is 254 g/mol. The minimum absolute atomic E-state index is 0.288. The van der Waals surface area contributed by atoms with Gasteiger partial charge in [-0.25, -0.2) is 18.6 Å². The molecule has 0 saturated heterocycles. The normalized spacial score (nSPS) is 11.1. The number of hydrogen-bond acceptors (Lipinski definition) is 3. The van der Waals surface area contributed by atoms with Gasteiger partial charge >= 0.3 is 5.97 Å². The van der Waals surface area contributed by atoms with Gasteiger partial charge in [0.1, 0.15) is 0 Å². The third-order valence-electron chi connectivity index (χ3n) is 2.47. The molecule has 0 fully saturated rings. The first-order valence-electron chi connectivity index (χ1n) is 5.52. The SMILES string of the molecule is CCOC(=O)c1ccc2c(c1)ncn2CC(F)F. The Morgan fingerprint density at radius 2 is 2.28 bits per heavy atom. The zero-order chi connectivity index (χ0) is 13.1. The Balaban J connectivity index is 2.33. The molecule has 0 bridgehead atoms. The Labute approximate surface area is 102 Å². The zero-order valence-corrected chi connectivity index (χ0v) is 9.77. The Bertz CT molecular complexity index is 566. The van der Waals surface area contributed by atoms with Crippen LogP contribution in [0.3, 0.4) is 0 Å². The topological polar surface area (TPSA) is 44.1 Å². The van der Waals surface area contributed by atoms with Gasteiger partial charge in [0.05, 0.1) is 36.1 Å². The van der Waals surface area contributed by atoms with Crippen LogP contribution in [0.25, 0.3) is 11.0 Å². The second kappa shape index (κ2) is 5.12. The molecule has 0 aliphatic rings. The van der Waals surface area contributed by atoms with E-state index < -0.39 is 18.9 Å². The number of aromatic nitrogens is 2. The van der Waals surface area contributed by atoms with Crippen molar-refractivity contribution in [2.75, 3.05) is 6.61 Å². The van der Waals surface area contributed by atoms with Crippen LogP contribution in [0.1, 0.15) is 17.3 Å². The van der Waals surface area contributed by atoms with Crippen LogP contribution in [0.5, 0.6) is 0 Å². The molecule has 18 heavy (non-hydrogen) atoms. The molecule has 1 aromatic heterocycles. The lowest BCUT2D eigenvalue weighted by Gasteiger charge is -2.04. The van der Waals surface area contributed by atoms with E-state index in [4.69, 9.17) is 4.74 Å². The van der Waals surface area contributed by atoms with Crippen LogP contribution in [-0.4, -0.2) is 28.6 Å². The maximum absolute atomic E-state index is 12.3. The molecule has 6 heteroatoms. The summed E-state index contributed by atoms with van der Waals surface area (Å²) < 4.78 is 30.8. The highest BCUT2D eigenvalue weighted by molar-refractivity contribution is 5.93. The smallest absolute Gasteiger partial charge is 0.338 e. The van der Waals surface area contributed by atoms with Crippen molar-refractivity contribution in [3.05, 3.63) is 30.1 Å². The monoisotopic (exact) mass is 254 g/mol. The Morgan fingerprint density at radius 1 is 1.50 bits per heavy atom. The molecule has 0 saturated carbocycles. The molecule has 2 rings (SSSR count). The zero-order valence-electron chi connectivity index (χ0n) is 9.77. The molecular weight excluding hydrogens is 242 g/mol. The van der Waals surface area contributed by atoms with E-state index in [2.05, 4.69) is 4.98 Å². The van der Waals surface area contributed by atoms with Crippen molar-refractivity contribution < 1.29 is 18.3 Å². The Morgan fingerprint density at radius 3 is 2.94 bits per heavy atom. The van der Waals surface area contributed by atoms with Crippen molar-refractivity contribution in [2.24, 2.45) is 0 Å². The van der Waals surface area contributed by atoms with Gasteiger partial charge in [0, 0.05) is 0 Å². The van der Waals surface area contributed by atoms with Gasteiger partial charge in [0.25, 0.3) is 6.43 Å². The fraction of sp³-hybridized carbons (Fsp3) is 0.333. The maximum atomic E-state index is 12.3. The molecule has 0 amide bonds. The van der Waals surface area contributed by atoms with Gasteiger partial charge in [-0.2, -0.15) is 0 Å². The molecule has 96 valence electrons. The molecule has 2 aromatic rings. The first-order valence-corrected chi connectivity index (χ1v) is 5.52. The number of nitrogens with zero attached hydrogens (tertiary/aromatic N) is 2. The number of benzene rings is 1. The summed E-state index contributed by atoms with van der Waals surface area (Å²) in [5.74, 6) is -0.442. The summed E-state index contributed by atoms with van der Waals surface area (Å²) in [4.78, 5) is 15.5. The predicted molar refractivity (Wildman–Crippen MR) is 61.7 cm³/mol. The van der Waals surface area contributed by atoms with Crippen molar-refractivity contribution in [1.82, 2.24) is 9.55 Å². The highest BCUT2D eigenvalue weighted by Crippen LogP contribution is 2.16. The molecular formula is C12H12F2N2O2. The first kappa shape index (κ1) is 12.5. The van der Waals surface area contributed by atoms with E-state index in [1.54, 1.807) is 19.1 Å². The van der Waals surface area contributed by atoms with Crippen LogP contribution in [0.15, 0.2) is 24.5 Å². The lowest BCUT2D eigenvalue weighted by atomic mass is 10.2. The van der Waals surface area contributed by atoms with Gasteiger partial charge in [0.2, 0.25) is 0 Å². The Kier molecular flexibility index (Phi) is 3.55. The van der Waals surface area contributed by atoms with Crippen molar-refractivity contribution in [3.63, 3.8) is 0 Å². The number of fused-ring (bicyclic) bond motifs is 1. The number of esters is 1. The molecule has 0 unspecified atom stereocenters. The number of alkyl halides is 2. The van der Waals surface area contributed by atoms with Crippen LogP contribution in [0.2, 0.25) is 0 Å². The number of carbonyl (C=O) groups is 1. The van der Waals surface area contributed by atoms with E-state index in [0.29, 0.717) is 16.6 Å². The first-order chi connectivity index (χ1) is 8.61. The lowest BCUT2D eigenvalue weighted by Crippen LogP contribution is -2.06. The molecule has 0 aliphatic heterocycles. The minimum Gasteiger partial charge on any atom is -0.462 e. The number of halogens is 2. The summed E-state index contributed by atoms with van der Waals surface area (Å²) in [5, 5.41) is 0. The van der Waals surface area contributed by atoms with Gasteiger partial charge in [-0.3, -0.25) is 0 Å². The third-order valence-corrected chi connectivity index (χ3v) is 2.47. The summed E-state index contributed by atoms with van der Waals surface area (Å²) in [7, 11) is 0. The van der Waals surface area contributed by atoms with Crippen LogP contribution in [-0.2, 0) is 11.3 Å². The average Bonchev–Trinajstić information content (AvgIpc) is 2.71. The van der Waals surface area contributed by atoms with E-state index in [1.165, 1.54) is 17.0 Å². The predicted octanol–water partition coefficient (Wildman–Crippen LogP) is 2.48. The maximum Gasteiger partial charge on any atom is 0.338 e. The molecule has 0 radical (unpaired) electrons. The van der Waals surface area contributed by atoms with Crippen molar-refractivity contribution in [3.8, 4) is 0 Å². The van der Waals surface area contributed by atoms with Crippen LogP contribution in [0, 0.1) is 0 Å². The molecule has 4 nitrogen and oxygen atoms in total. The number of carbonyl (C=O) groups excluding carboxylic acids is 1. The quantitative estimate of drug-likeness (QED) is 0.787. The lowest BCUT2D eigenvalue weighted by molar-refractivity contribution is 0.0526. The van der Waals surface area contributed by atoms with Crippen molar-refractivity contribution >= 4 is 17.0 Å². The molecule has 0 N–H and O–H groups in total. The number of imidazole rings is 1. The molecule has 1 heterocycles. The molecule has 0 atom stereocenters. The van der Waals surface area contributed by atoms with Gasteiger partial charge in [0.15, 0.2) is 0 Å². The van der Waals surface area contributed by atoms with Gasteiger partial charge in [-0.1, -0.05) is 0 Å². The van der Waals surface area contributed by atoms with Crippen molar-refractivity contribution in [1.29, 1.82) is 0 Å². The summed E-state index contributed by atoms with van der Waals surface area (Å²) >= 11 is 0. The van der Waals surface area contributed by atoms with Gasteiger partial charge in [-0.05, 0) is 25.1 Å². The standard InChI is InChI=1S/C12H12F2N2O2/c1-2-18-12(17)8-3-4-10-9(5-8)15-7-16(10)6-11(13)14/h3-5,7,11H,2,6H2,1H3. The van der Waals surface area contributed by atoms with Gasteiger partial charge < -0.3 is 9.30 Å². The molecule has 1 aromatic carbocycles. The number of rotatable bonds is 4.